The fourth-order valence-electron chi connectivity index (χ4n) is 1.57. The van der Waals surface area contributed by atoms with Crippen molar-refractivity contribution in [2.24, 2.45) is 0 Å². The summed E-state index contributed by atoms with van der Waals surface area (Å²) in [4.78, 5) is 11.0. The molecule has 1 aromatic carbocycles. The SMILES string of the molecule is Cc1cc(F)ccc1NCc1ccc([N+](=O)[O-])s1. The van der Waals surface area contributed by atoms with Crippen molar-refractivity contribution < 1.29 is 9.31 Å². The number of nitrogens with zero attached hydrogens (tertiary/aromatic N) is 1. The number of thiophene rings is 1. The first-order chi connectivity index (χ1) is 8.56. The van der Waals surface area contributed by atoms with Crippen LogP contribution in [-0.4, -0.2) is 4.92 Å². The lowest BCUT2D eigenvalue weighted by atomic mass is 10.2. The molecule has 94 valence electrons. The number of nitrogens with one attached hydrogen (secondary N) is 1. The fourth-order valence-corrected chi connectivity index (χ4v) is 2.33. The lowest BCUT2D eigenvalue weighted by Crippen LogP contribution is -1.99. The fraction of sp³-hybridized carbons (Fsp3) is 0.167. The van der Waals surface area contributed by atoms with Gasteiger partial charge in [0.1, 0.15) is 5.82 Å². The zero-order chi connectivity index (χ0) is 13.1. The molecule has 1 aromatic heterocycles. The highest BCUT2D eigenvalue weighted by Crippen LogP contribution is 2.25. The van der Waals surface area contributed by atoms with Crippen LogP contribution in [0.5, 0.6) is 0 Å². The van der Waals surface area contributed by atoms with Gasteiger partial charge >= 0.3 is 5.00 Å². The van der Waals surface area contributed by atoms with Crippen molar-refractivity contribution >= 4 is 22.0 Å². The Morgan fingerprint density at radius 1 is 1.39 bits per heavy atom. The van der Waals surface area contributed by atoms with Gasteiger partial charge in [0.05, 0.1) is 4.92 Å². The number of benzene rings is 1. The molecule has 0 spiro atoms. The monoisotopic (exact) mass is 266 g/mol. The van der Waals surface area contributed by atoms with Crippen molar-refractivity contribution in [3.8, 4) is 0 Å². The summed E-state index contributed by atoms with van der Waals surface area (Å²) in [6, 6.07) is 7.69. The van der Waals surface area contributed by atoms with Gasteiger partial charge in [-0.15, -0.1) is 0 Å². The maximum atomic E-state index is 12.9. The third kappa shape index (κ3) is 2.84. The van der Waals surface area contributed by atoms with Crippen LogP contribution in [0.1, 0.15) is 10.4 Å². The van der Waals surface area contributed by atoms with Crippen molar-refractivity contribution in [3.63, 3.8) is 0 Å². The minimum Gasteiger partial charge on any atom is -0.380 e. The van der Waals surface area contributed by atoms with Gasteiger partial charge in [-0.25, -0.2) is 4.39 Å². The summed E-state index contributed by atoms with van der Waals surface area (Å²) in [6.07, 6.45) is 0. The number of aryl methyl sites for hydroxylation is 1. The maximum absolute atomic E-state index is 12.9. The molecule has 0 atom stereocenters. The van der Waals surface area contributed by atoms with E-state index in [0.717, 1.165) is 27.5 Å². The van der Waals surface area contributed by atoms with E-state index in [2.05, 4.69) is 5.32 Å². The lowest BCUT2D eigenvalue weighted by Gasteiger charge is -2.07. The summed E-state index contributed by atoms with van der Waals surface area (Å²) < 4.78 is 12.9. The molecule has 18 heavy (non-hydrogen) atoms. The quantitative estimate of drug-likeness (QED) is 0.678. The molecule has 0 aliphatic rings. The minimum absolute atomic E-state index is 0.127. The Kier molecular flexibility index (Phi) is 3.57. The highest BCUT2D eigenvalue weighted by molar-refractivity contribution is 7.15. The summed E-state index contributed by atoms with van der Waals surface area (Å²) in [7, 11) is 0. The topological polar surface area (TPSA) is 55.2 Å². The van der Waals surface area contributed by atoms with Gasteiger partial charge in [0, 0.05) is 23.2 Å². The Labute approximate surface area is 107 Å². The average molecular weight is 266 g/mol. The van der Waals surface area contributed by atoms with E-state index >= 15 is 0 Å². The van der Waals surface area contributed by atoms with E-state index in [4.69, 9.17) is 0 Å². The Hall–Kier alpha value is -1.95. The first-order valence-corrected chi connectivity index (χ1v) is 6.11. The number of anilines is 1. The Bertz CT molecular complexity index is 583. The van der Waals surface area contributed by atoms with E-state index in [0.29, 0.717) is 6.54 Å². The van der Waals surface area contributed by atoms with Gasteiger partial charge < -0.3 is 5.32 Å². The average Bonchev–Trinajstić information content (AvgIpc) is 2.76. The van der Waals surface area contributed by atoms with Crippen LogP contribution in [0, 0.1) is 22.9 Å². The van der Waals surface area contributed by atoms with Crippen LogP contribution in [-0.2, 0) is 6.54 Å². The van der Waals surface area contributed by atoms with Gasteiger partial charge in [0.15, 0.2) is 0 Å². The molecular formula is C12H11FN2O2S. The van der Waals surface area contributed by atoms with Gasteiger partial charge in [0.25, 0.3) is 0 Å². The van der Waals surface area contributed by atoms with E-state index < -0.39 is 4.92 Å². The summed E-state index contributed by atoms with van der Waals surface area (Å²) >= 11 is 1.13. The molecule has 0 saturated carbocycles. The summed E-state index contributed by atoms with van der Waals surface area (Å²) in [5.41, 5.74) is 1.63. The van der Waals surface area contributed by atoms with Crippen LogP contribution in [0.15, 0.2) is 30.3 Å². The highest BCUT2D eigenvalue weighted by atomic mass is 32.1. The summed E-state index contributed by atoms with van der Waals surface area (Å²) in [5, 5.41) is 13.8. The second kappa shape index (κ2) is 5.14. The van der Waals surface area contributed by atoms with Crippen molar-refractivity contribution in [2.45, 2.75) is 13.5 Å². The third-order valence-electron chi connectivity index (χ3n) is 2.47. The van der Waals surface area contributed by atoms with Crippen molar-refractivity contribution in [3.05, 3.63) is 56.7 Å². The molecule has 0 fully saturated rings. The predicted molar refractivity (Wildman–Crippen MR) is 69.4 cm³/mol. The smallest absolute Gasteiger partial charge is 0.324 e. The molecule has 2 aromatic rings. The maximum Gasteiger partial charge on any atom is 0.324 e. The molecule has 0 bridgehead atoms. The van der Waals surface area contributed by atoms with E-state index in [1.807, 2.05) is 6.92 Å². The molecule has 2 rings (SSSR count). The normalized spacial score (nSPS) is 10.3. The Balaban J connectivity index is 2.04. The van der Waals surface area contributed by atoms with Crippen LogP contribution in [0.4, 0.5) is 15.1 Å². The molecule has 0 aliphatic heterocycles. The van der Waals surface area contributed by atoms with Gasteiger partial charge in [-0.3, -0.25) is 10.1 Å². The third-order valence-corrected chi connectivity index (χ3v) is 3.51. The number of rotatable bonds is 4. The second-order valence-electron chi connectivity index (χ2n) is 3.81. The van der Waals surface area contributed by atoms with Crippen LogP contribution in [0.3, 0.4) is 0 Å². The molecule has 0 unspecified atom stereocenters. The van der Waals surface area contributed by atoms with Crippen molar-refractivity contribution in [2.75, 3.05) is 5.32 Å². The Morgan fingerprint density at radius 3 is 2.78 bits per heavy atom. The number of nitro groups is 1. The van der Waals surface area contributed by atoms with Crippen molar-refractivity contribution in [1.29, 1.82) is 0 Å². The van der Waals surface area contributed by atoms with Gasteiger partial charge in [-0.05, 0) is 36.8 Å². The zero-order valence-electron chi connectivity index (χ0n) is 9.64. The van der Waals surface area contributed by atoms with Crippen LogP contribution >= 0.6 is 11.3 Å². The molecule has 4 nitrogen and oxygen atoms in total. The van der Waals surface area contributed by atoms with Crippen molar-refractivity contribution in [1.82, 2.24) is 0 Å². The second-order valence-corrected chi connectivity index (χ2v) is 4.96. The molecular weight excluding hydrogens is 255 g/mol. The molecule has 0 amide bonds. The largest absolute Gasteiger partial charge is 0.380 e. The summed E-state index contributed by atoms with van der Waals surface area (Å²) in [6.45, 7) is 2.30. The zero-order valence-corrected chi connectivity index (χ0v) is 10.5. The van der Waals surface area contributed by atoms with E-state index in [1.165, 1.54) is 18.2 Å². The lowest BCUT2D eigenvalue weighted by molar-refractivity contribution is -0.380. The number of hydrogen-bond donors (Lipinski definition) is 1. The van der Waals surface area contributed by atoms with Gasteiger partial charge in [-0.2, -0.15) is 0 Å². The molecule has 0 radical (unpaired) electrons. The number of halogens is 1. The highest BCUT2D eigenvalue weighted by Gasteiger charge is 2.09. The van der Waals surface area contributed by atoms with Gasteiger partial charge in [-0.1, -0.05) is 11.3 Å². The predicted octanol–water partition coefficient (Wildman–Crippen LogP) is 3.72. The first-order valence-electron chi connectivity index (χ1n) is 5.29. The first kappa shape index (κ1) is 12.5. The van der Waals surface area contributed by atoms with Crippen LogP contribution in [0.25, 0.3) is 0 Å². The minimum atomic E-state index is -0.405. The van der Waals surface area contributed by atoms with Crippen LogP contribution in [0.2, 0.25) is 0 Å². The molecule has 0 saturated heterocycles. The Morgan fingerprint density at radius 2 is 2.17 bits per heavy atom. The van der Waals surface area contributed by atoms with E-state index in [-0.39, 0.29) is 10.8 Å². The molecule has 6 heteroatoms. The standard InChI is InChI=1S/C12H11FN2O2S/c1-8-6-9(13)2-4-11(8)14-7-10-3-5-12(18-10)15(16)17/h2-6,14H,7H2,1H3. The molecule has 1 heterocycles. The van der Waals surface area contributed by atoms with Gasteiger partial charge in [0.2, 0.25) is 0 Å². The van der Waals surface area contributed by atoms with E-state index in [1.54, 1.807) is 12.1 Å². The molecule has 0 aliphatic carbocycles. The van der Waals surface area contributed by atoms with E-state index in [9.17, 15) is 14.5 Å². The number of hydrogen-bond acceptors (Lipinski definition) is 4. The summed E-state index contributed by atoms with van der Waals surface area (Å²) in [5.74, 6) is -0.273. The van der Waals surface area contributed by atoms with Crippen LogP contribution < -0.4 is 5.32 Å². The molecule has 1 N–H and O–H groups in total.